The van der Waals surface area contributed by atoms with Gasteiger partial charge in [0.15, 0.2) is 5.78 Å². The molecule has 27 heavy (non-hydrogen) atoms. The van der Waals surface area contributed by atoms with Crippen LogP contribution in [0, 0.1) is 12.3 Å². The van der Waals surface area contributed by atoms with Crippen LogP contribution in [0.2, 0.25) is 0 Å². The number of hydrogen-bond acceptors (Lipinski definition) is 6. The maximum atomic E-state index is 12.7. The summed E-state index contributed by atoms with van der Waals surface area (Å²) in [4.78, 5) is 35.5. The highest BCUT2D eigenvalue weighted by molar-refractivity contribution is 7.86. The van der Waals surface area contributed by atoms with E-state index in [2.05, 4.69) is 5.32 Å². The Balaban J connectivity index is 1.91. The van der Waals surface area contributed by atoms with E-state index in [0.29, 0.717) is 26.1 Å². The summed E-state index contributed by atoms with van der Waals surface area (Å²) < 4.78 is 33.1. The number of Topliss-reactive ketones (excluding diaryl/α,β-unsaturated/α-hetero) is 1. The minimum Gasteiger partial charge on any atom is -0.379 e. The number of carbonyl (C=O) groups excluding carboxylic acids is 3. The number of nitrogens with zero attached hydrogens (tertiary/aromatic N) is 2. The van der Waals surface area contributed by atoms with Gasteiger partial charge in [-0.15, -0.1) is 0 Å². The number of nitrogens with two attached hydrogens (primary N) is 1. The molecule has 2 aliphatic rings. The summed E-state index contributed by atoms with van der Waals surface area (Å²) in [6.45, 7) is 2.75. The number of hydrogen-bond donors (Lipinski definition) is 2. The van der Waals surface area contributed by atoms with E-state index >= 15 is 0 Å². The zero-order chi connectivity index (χ0) is 20.0. The van der Waals surface area contributed by atoms with Crippen LogP contribution in [0.5, 0.6) is 0 Å². The molecule has 2 aliphatic heterocycles. The van der Waals surface area contributed by atoms with Gasteiger partial charge in [-0.05, 0) is 19.3 Å². The summed E-state index contributed by atoms with van der Waals surface area (Å²) in [5.41, 5.74) is 5.15. The van der Waals surface area contributed by atoms with Crippen molar-refractivity contribution in [2.75, 3.05) is 39.4 Å². The topological polar surface area (TPSA) is 139 Å². The summed E-state index contributed by atoms with van der Waals surface area (Å²) in [5, 5.41) is 2.60. The Bertz CT molecular complexity index is 662. The fraction of sp³-hybridized carbons (Fsp3) is 0.750. The van der Waals surface area contributed by atoms with Crippen LogP contribution in [0.1, 0.15) is 26.2 Å². The predicted octanol–water partition coefficient (Wildman–Crippen LogP) is -1.57. The maximum Gasteiger partial charge on any atom is 0.282 e. The zero-order valence-electron chi connectivity index (χ0n) is 15.4. The Kier molecular flexibility index (Phi) is 7.71. The number of primary amides is 1. The Morgan fingerprint density at radius 2 is 1.96 bits per heavy atom. The number of ketones is 1. The third-order valence-electron chi connectivity index (χ3n) is 4.70. The van der Waals surface area contributed by atoms with Gasteiger partial charge in [0.2, 0.25) is 11.8 Å². The van der Waals surface area contributed by atoms with Crippen LogP contribution in [0.4, 0.5) is 0 Å². The molecule has 11 heteroatoms. The number of amides is 2. The highest BCUT2D eigenvalue weighted by Crippen LogP contribution is 2.17. The first-order valence-electron chi connectivity index (χ1n) is 9.00. The van der Waals surface area contributed by atoms with E-state index in [9.17, 15) is 22.8 Å². The molecule has 153 valence electrons. The van der Waals surface area contributed by atoms with E-state index in [0.717, 1.165) is 0 Å². The average Bonchev–Trinajstić information content (AvgIpc) is 2.82. The van der Waals surface area contributed by atoms with Crippen molar-refractivity contribution in [3.63, 3.8) is 0 Å². The molecule has 0 unspecified atom stereocenters. The van der Waals surface area contributed by atoms with Crippen molar-refractivity contribution in [2.45, 2.75) is 32.2 Å². The summed E-state index contributed by atoms with van der Waals surface area (Å²) >= 11 is 0. The Morgan fingerprint density at radius 1 is 1.30 bits per heavy atom. The van der Waals surface area contributed by atoms with Crippen LogP contribution in [-0.4, -0.2) is 80.1 Å². The van der Waals surface area contributed by atoms with Gasteiger partial charge in [-0.1, -0.05) is 6.92 Å². The molecular weight excluding hydrogens is 376 g/mol. The highest BCUT2D eigenvalue weighted by Gasteiger charge is 2.36. The second-order valence-corrected chi connectivity index (χ2v) is 8.69. The van der Waals surface area contributed by atoms with E-state index in [1.807, 2.05) is 0 Å². The number of morpholine rings is 1. The average molecular weight is 403 g/mol. The van der Waals surface area contributed by atoms with Gasteiger partial charge in [-0.25, -0.2) is 0 Å². The Morgan fingerprint density at radius 3 is 2.59 bits per heavy atom. The molecule has 2 heterocycles. The molecule has 0 aromatic heterocycles. The number of carbonyl (C=O) groups is 3. The normalized spacial score (nSPS) is 24.2. The first-order valence-corrected chi connectivity index (χ1v) is 10.4. The minimum atomic E-state index is -3.73. The maximum absolute atomic E-state index is 12.7. The number of nitrogens with one attached hydrogen (secondary N) is 1. The molecule has 0 aliphatic carbocycles. The molecule has 0 aromatic rings. The van der Waals surface area contributed by atoms with Gasteiger partial charge in [0, 0.05) is 25.6 Å². The van der Waals surface area contributed by atoms with Gasteiger partial charge in [0.05, 0.1) is 32.2 Å². The number of rotatable bonds is 7. The van der Waals surface area contributed by atoms with Crippen LogP contribution in [0.15, 0.2) is 0 Å². The molecule has 0 saturated carbocycles. The molecule has 1 radical (unpaired) electrons. The van der Waals surface area contributed by atoms with Crippen molar-refractivity contribution in [1.82, 2.24) is 13.9 Å². The lowest BCUT2D eigenvalue weighted by Crippen LogP contribution is -2.51. The molecule has 2 saturated heterocycles. The fourth-order valence-electron chi connectivity index (χ4n) is 2.92. The van der Waals surface area contributed by atoms with Crippen LogP contribution in [0.3, 0.4) is 0 Å². The van der Waals surface area contributed by atoms with Crippen LogP contribution in [-0.2, 0) is 29.3 Å². The molecule has 2 rings (SSSR count). The molecule has 0 bridgehead atoms. The molecule has 2 amide bonds. The van der Waals surface area contributed by atoms with Crippen LogP contribution in [0.25, 0.3) is 0 Å². The van der Waals surface area contributed by atoms with Gasteiger partial charge >= 0.3 is 0 Å². The summed E-state index contributed by atoms with van der Waals surface area (Å²) in [6.07, 6.45) is 2.28. The summed E-state index contributed by atoms with van der Waals surface area (Å²) in [5.74, 6) is -1.80. The quantitative estimate of drug-likeness (QED) is 0.526. The van der Waals surface area contributed by atoms with Crippen molar-refractivity contribution >= 4 is 27.8 Å². The van der Waals surface area contributed by atoms with Gasteiger partial charge in [-0.2, -0.15) is 17.0 Å². The van der Waals surface area contributed by atoms with Gasteiger partial charge in [0.1, 0.15) is 0 Å². The molecule has 2 atom stereocenters. The van der Waals surface area contributed by atoms with Crippen molar-refractivity contribution < 1.29 is 27.5 Å². The van der Waals surface area contributed by atoms with Crippen molar-refractivity contribution in [3.05, 3.63) is 6.42 Å². The highest BCUT2D eigenvalue weighted by atomic mass is 32.2. The second kappa shape index (κ2) is 9.58. The Labute approximate surface area is 159 Å². The smallest absolute Gasteiger partial charge is 0.282 e. The van der Waals surface area contributed by atoms with Gasteiger partial charge in [0.25, 0.3) is 10.2 Å². The van der Waals surface area contributed by atoms with E-state index in [1.54, 1.807) is 6.92 Å². The molecule has 10 nitrogen and oxygen atoms in total. The fourth-order valence-corrected chi connectivity index (χ4v) is 4.50. The second-order valence-electron chi connectivity index (χ2n) is 6.77. The third-order valence-corrected chi connectivity index (χ3v) is 6.68. The largest absolute Gasteiger partial charge is 0.379 e. The lowest BCUT2D eigenvalue weighted by molar-refractivity contribution is -0.126. The first kappa shape index (κ1) is 21.7. The molecule has 2 fully saturated rings. The molecular formula is C16H27N4O6S. The lowest BCUT2D eigenvalue weighted by Gasteiger charge is -2.31. The third kappa shape index (κ3) is 5.96. The SMILES string of the molecule is C[C@@H](C[CH]C(=O)N[C@H]1CCCN(S(=O)(=O)N2CCOCC2)CC1=O)C(N)=O. The van der Waals surface area contributed by atoms with Gasteiger partial charge < -0.3 is 15.8 Å². The molecule has 0 spiro atoms. The summed E-state index contributed by atoms with van der Waals surface area (Å²) in [7, 11) is -3.73. The van der Waals surface area contributed by atoms with Crippen molar-refractivity contribution in [3.8, 4) is 0 Å². The molecule has 0 aromatic carbocycles. The zero-order valence-corrected chi connectivity index (χ0v) is 16.2. The van der Waals surface area contributed by atoms with Gasteiger partial charge in [-0.3, -0.25) is 14.4 Å². The van der Waals surface area contributed by atoms with Crippen molar-refractivity contribution in [1.29, 1.82) is 0 Å². The molecule has 3 N–H and O–H groups in total. The predicted molar refractivity (Wildman–Crippen MR) is 96.3 cm³/mol. The van der Waals surface area contributed by atoms with Crippen LogP contribution >= 0.6 is 0 Å². The summed E-state index contributed by atoms with van der Waals surface area (Å²) in [6, 6.07) is -0.748. The van der Waals surface area contributed by atoms with E-state index in [-0.39, 0.29) is 38.4 Å². The van der Waals surface area contributed by atoms with Crippen molar-refractivity contribution in [2.24, 2.45) is 11.7 Å². The van der Waals surface area contributed by atoms with E-state index in [1.165, 1.54) is 15.0 Å². The first-order chi connectivity index (χ1) is 12.7. The lowest BCUT2D eigenvalue weighted by atomic mass is 10.0. The van der Waals surface area contributed by atoms with Crippen LogP contribution < -0.4 is 11.1 Å². The van der Waals surface area contributed by atoms with E-state index < -0.39 is 34.0 Å². The monoisotopic (exact) mass is 403 g/mol. The number of ether oxygens (including phenoxy) is 1. The standard InChI is InChI=1S/C16H27N4O6S/c1-12(16(17)23)4-5-15(22)18-13-3-2-6-20(11-14(13)21)27(24,25)19-7-9-26-10-8-19/h5,12-13H,2-4,6-11H2,1H3,(H2,17,23)(H,18,22)/t12-,13-/m0/s1. The van der Waals surface area contributed by atoms with E-state index in [4.69, 9.17) is 10.5 Å². The Hall–Kier alpha value is -1.56. The minimum absolute atomic E-state index is 0.180.